The summed E-state index contributed by atoms with van der Waals surface area (Å²) in [5.41, 5.74) is 1.85. The number of nitriles is 1. The quantitative estimate of drug-likeness (QED) is 0.577. The average Bonchev–Trinajstić information content (AvgIpc) is 2.71. The van der Waals surface area contributed by atoms with Crippen molar-refractivity contribution in [1.29, 1.82) is 5.26 Å². The van der Waals surface area contributed by atoms with Crippen molar-refractivity contribution in [3.8, 4) is 17.3 Å². The summed E-state index contributed by atoms with van der Waals surface area (Å²) in [5, 5.41) is 8.90. The Morgan fingerprint density at radius 3 is 2.80 bits per heavy atom. The van der Waals surface area contributed by atoms with E-state index >= 15 is 0 Å². The highest BCUT2D eigenvalue weighted by molar-refractivity contribution is 5.69. The number of pyridine rings is 1. The minimum absolute atomic E-state index is 0.288. The average molecular weight is 269 g/mol. The van der Waals surface area contributed by atoms with Crippen molar-refractivity contribution < 1.29 is 13.3 Å². The molecular weight excluding hydrogens is 258 g/mol. The Kier molecular flexibility index (Phi) is 2.65. The van der Waals surface area contributed by atoms with E-state index in [0.29, 0.717) is 11.3 Å². The first-order valence-corrected chi connectivity index (χ1v) is 6.15. The molecule has 0 bridgehead atoms. The molecule has 0 amide bonds. The fraction of sp³-hybridized carbons (Fsp3) is 0.125. The minimum Gasteiger partial charge on any atom is -0.205 e. The second-order valence-corrected chi connectivity index (χ2v) is 4.80. The number of nitrogens with zero attached hydrogens (tertiary/aromatic N) is 2. The van der Waals surface area contributed by atoms with Crippen LogP contribution in [0.5, 0.6) is 0 Å². The number of halogens is 2. The van der Waals surface area contributed by atoms with Crippen LogP contribution in [0.1, 0.15) is 22.7 Å². The van der Waals surface area contributed by atoms with Gasteiger partial charge < -0.3 is 0 Å². The van der Waals surface area contributed by atoms with E-state index in [1.807, 2.05) is 29.8 Å². The fourth-order valence-electron chi connectivity index (χ4n) is 2.68. The van der Waals surface area contributed by atoms with Crippen LogP contribution in [0.15, 0.2) is 37.1 Å². The van der Waals surface area contributed by atoms with E-state index in [2.05, 4.69) is 6.58 Å². The lowest BCUT2D eigenvalue weighted by atomic mass is 9.98. The number of hydrogen-bond acceptors (Lipinski definition) is 1. The summed E-state index contributed by atoms with van der Waals surface area (Å²) in [7, 11) is 0. The van der Waals surface area contributed by atoms with Gasteiger partial charge in [0.15, 0.2) is 12.0 Å². The van der Waals surface area contributed by atoms with Gasteiger partial charge in [0.2, 0.25) is 11.7 Å². The Morgan fingerprint density at radius 1 is 1.40 bits per heavy atom. The highest BCUT2D eigenvalue weighted by Gasteiger charge is 2.38. The molecular formula is C16H11F2N2+. The zero-order chi connectivity index (χ0) is 14.4. The summed E-state index contributed by atoms with van der Waals surface area (Å²) in [6, 6.07) is 6.21. The molecule has 0 N–H and O–H groups in total. The van der Waals surface area contributed by atoms with Crippen LogP contribution in [0.2, 0.25) is 0 Å². The van der Waals surface area contributed by atoms with Crippen LogP contribution in [0, 0.1) is 29.9 Å². The van der Waals surface area contributed by atoms with Gasteiger partial charge in [0.25, 0.3) is 0 Å². The van der Waals surface area contributed by atoms with Gasteiger partial charge in [-0.05, 0) is 24.6 Å². The third kappa shape index (κ3) is 1.50. The molecule has 98 valence electrons. The molecule has 0 saturated carbocycles. The van der Waals surface area contributed by atoms with Crippen molar-refractivity contribution in [3.63, 3.8) is 0 Å². The largest absolute Gasteiger partial charge is 0.217 e. The second kappa shape index (κ2) is 4.24. The molecule has 4 heteroatoms. The summed E-state index contributed by atoms with van der Waals surface area (Å²) in [4.78, 5) is 0. The van der Waals surface area contributed by atoms with Gasteiger partial charge in [0, 0.05) is 17.7 Å². The SMILES string of the molecule is C=CC1c2cc(F)c(C#N)c(F)c2-c2cc(C)cc[n+]21. The fourth-order valence-corrected chi connectivity index (χ4v) is 2.68. The highest BCUT2D eigenvalue weighted by Crippen LogP contribution is 2.38. The molecule has 3 rings (SSSR count). The molecule has 1 aliphatic heterocycles. The topological polar surface area (TPSA) is 27.7 Å². The highest BCUT2D eigenvalue weighted by atomic mass is 19.1. The molecule has 1 aromatic carbocycles. The van der Waals surface area contributed by atoms with Gasteiger partial charge in [-0.15, -0.1) is 0 Å². The third-order valence-corrected chi connectivity index (χ3v) is 3.60. The van der Waals surface area contributed by atoms with Gasteiger partial charge >= 0.3 is 0 Å². The Balaban J connectivity index is 2.43. The molecule has 20 heavy (non-hydrogen) atoms. The molecule has 0 aliphatic carbocycles. The maximum Gasteiger partial charge on any atom is 0.217 e. The zero-order valence-electron chi connectivity index (χ0n) is 10.8. The van der Waals surface area contributed by atoms with Gasteiger partial charge in [-0.25, -0.2) is 8.78 Å². The lowest BCUT2D eigenvalue weighted by Crippen LogP contribution is -2.36. The Bertz CT molecular complexity index is 788. The smallest absolute Gasteiger partial charge is 0.205 e. The molecule has 1 aliphatic rings. The number of hydrogen-bond donors (Lipinski definition) is 0. The number of fused-ring (bicyclic) bond motifs is 3. The summed E-state index contributed by atoms with van der Waals surface area (Å²) in [5.74, 6) is -1.63. The van der Waals surface area contributed by atoms with Crippen LogP contribution >= 0.6 is 0 Å². The van der Waals surface area contributed by atoms with Crippen molar-refractivity contribution in [3.05, 3.63) is 65.4 Å². The van der Waals surface area contributed by atoms with Crippen molar-refractivity contribution in [2.75, 3.05) is 0 Å². The summed E-state index contributed by atoms with van der Waals surface area (Å²) < 4.78 is 30.1. The van der Waals surface area contributed by atoms with Gasteiger partial charge in [0.05, 0.1) is 5.56 Å². The van der Waals surface area contributed by atoms with Crippen LogP contribution in [-0.2, 0) is 0 Å². The van der Waals surface area contributed by atoms with Crippen LogP contribution in [0.4, 0.5) is 8.78 Å². The van der Waals surface area contributed by atoms with Gasteiger partial charge in [-0.2, -0.15) is 9.83 Å². The molecule has 0 spiro atoms. The molecule has 1 unspecified atom stereocenters. The number of aromatic nitrogens is 1. The lowest BCUT2D eigenvalue weighted by molar-refractivity contribution is -0.687. The van der Waals surface area contributed by atoms with E-state index in [-0.39, 0.29) is 11.6 Å². The first-order valence-electron chi connectivity index (χ1n) is 6.15. The predicted molar refractivity (Wildman–Crippen MR) is 69.8 cm³/mol. The normalized spacial score (nSPS) is 15.4. The van der Waals surface area contributed by atoms with E-state index in [4.69, 9.17) is 5.26 Å². The van der Waals surface area contributed by atoms with Crippen molar-refractivity contribution >= 4 is 0 Å². The van der Waals surface area contributed by atoms with E-state index in [9.17, 15) is 8.78 Å². The molecule has 2 aromatic rings. The summed E-state index contributed by atoms with van der Waals surface area (Å²) in [6.45, 7) is 5.63. The van der Waals surface area contributed by atoms with Gasteiger partial charge in [0.1, 0.15) is 17.4 Å². The monoisotopic (exact) mass is 269 g/mol. The molecule has 1 aromatic heterocycles. The summed E-state index contributed by atoms with van der Waals surface area (Å²) in [6.07, 6.45) is 3.45. The molecule has 2 heterocycles. The number of benzene rings is 1. The van der Waals surface area contributed by atoms with Crippen molar-refractivity contribution in [1.82, 2.24) is 0 Å². The summed E-state index contributed by atoms with van der Waals surface area (Å²) >= 11 is 0. The zero-order valence-corrected chi connectivity index (χ0v) is 10.8. The second-order valence-electron chi connectivity index (χ2n) is 4.80. The van der Waals surface area contributed by atoms with E-state index in [1.165, 1.54) is 6.07 Å². The maximum absolute atomic E-state index is 14.4. The van der Waals surface area contributed by atoms with E-state index in [1.54, 1.807) is 12.1 Å². The number of rotatable bonds is 1. The van der Waals surface area contributed by atoms with E-state index < -0.39 is 17.2 Å². The molecule has 0 fully saturated rings. The van der Waals surface area contributed by atoms with Crippen molar-refractivity contribution in [2.45, 2.75) is 13.0 Å². The lowest BCUT2D eigenvalue weighted by Gasteiger charge is -2.03. The predicted octanol–water partition coefficient (Wildman–Crippen LogP) is 3.19. The van der Waals surface area contributed by atoms with Gasteiger partial charge in [-0.3, -0.25) is 0 Å². The molecule has 0 radical (unpaired) electrons. The van der Waals surface area contributed by atoms with Crippen LogP contribution < -0.4 is 4.57 Å². The maximum atomic E-state index is 14.4. The molecule has 2 nitrogen and oxygen atoms in total. The Morgan fingerprint density at radius 2 is 2.15 bits per heavy atom. The van der Waals surface area contributed by atoms with Crippen LogP contribution in [0.3, 0.4) is 0 Å². The first kappa shape index (κ1) is 12.5. The van der Waals surface area contributed by atoms with Crippen LogP contribution in [0.25, 0.3) is 11.3 Å². The first-order chi connectivity index (χ1) is 9.58. The Labute approximate surface area is 115 Å². The van der Waals surface area contributed by atoms with Crippen molar-refractivity contribution in [2.24, 2.45) is 0 Å². The minimum atomic E-state index is -0.833. The Hall–Kier alpha value is -2.54. The standard InChI is InChI=1S/C16H11F2N2/c1-3-13-10-7-12(17)11(8-19)16(18)15(10)14-6-9(2)4-5-20(13)14/h3-7,13H,1H2,2H3/q+1. The molecule has 0 saturated heterocycles. The van der Waals surface area contributed by atoms with E-state index in [0.717, 1.165) is 5.56 Å². The van der Waals surface area contributed by atoms with Gasteiger partial charge in [-0.1, -0.05) is 6.58 Å². The number of aryl methyl sites for hydroxylation is 1. The van der Waals surface area contributed by atoms with Crippen LogP contribution in [-0.4, -0.2) is 0 Å². The number of allylic oxidation sites excluding steroid dienone is 1. The molecule has 1 atom stereocenters. The third-order valence-electron chi connectivity index (χ3n) is 3.60.